The Bertz CT molecular complexity index is 529. The van der Waals surface area contributed by atoms with Crippen LogP contribution in [0.3, 0.4) is 0 Å². The molecule has 0 radical (unpaired) electrons. The van der Waals surface area contributed by atoms with Crippen molar-refractivity contribution in [2.45, 2.75) is 13.2 Å². The number of hydrogen-bond acceptors (Lipinski definition) is 4. The van der Waals surface area contributed by atoms with Crippen molar-refractivity contribution in [1.29, 1.82) is 0 Å². The standard InChI is InChI=1S/C16H19NO3/c1-18-12-20-16-9-14(10-17)7-8-15(16)19-11-13-5-3-2-4-6-13/h2-9H,10-12,17H2,1H3. The summed E-state index contributed by atoms with van der Waals surface area (Å²) in [5, 5.41) is 0. The van der Waals surface area contributed by atoms with Crippen molar-refractivity contribution in [3.63, 3.8) is 0 Å². The molecule has 0 saturated carbocycles. The van der Waals surface area contributed by atoms with Crippen LogP contribution in [0.4, 0.5) is 0 Å². The lowest BCUT2D eigenvalue weighted by Crippen LogP contribution is -2.04. The van der Waals surface area contributed by atoms with E-state index in [9.17, 15) is 0 Å². The lowest BCUT2D eigenvalue weighted by Gasteiger charge is -2.13. The van der Waals surface area contributed by atoms with Gasteiger partial charge in [-0.15, -0.1) is 0 Å². The van der Waals surface area contributed by atoms with Gasteiger partial charge in [0.25, 0.3) is 0 Å². The van der Waals surface area contributed by atoms with Crippen molar-refractivity contribution in [2.24, 2.45) is 5.73 Å². The highest BCUT2D eigenvalue weighted by atomic mass is 16.7. The van der Waals surface area contributed by atoms with E-state index >= 15 is 0 Å². The molecule has 4 nitrogen and oxygen atoms in total. The summed E-state index contributed by atoms with van der Waals surface area (Å²) in [4.78, 5) is 0. The van der Waals surface area contributed by atoms with Crippen molar-refractivity contribution >= 4 is 0 Å². The smallest absolute Gasteiger partial charge is 0.188 e. The number of hydrogen-bond donors (Lipinski definition) is 1. The summed E-state index contributed by atoms with van der Waals surface area (Å²) < 4.78 is 16.2. The van der Waals surface area contributed by atoms with Gasteiger partial charge in [-0.3, -0.25) is 0 Å². The van der Waals surface area contributed by atoms with Crippen molar-refractivity contribution in [3.05, 3.63) is 59.7 Å². The van der Waals surface area contributed by atoms with Gasteiger partial charge in [0.1, 0.15) is 6.61 Å². The fraction of sp³-hybridized carbons (Fsp3) is 0.250. The molecule has 0 aromatic heterocycles. The Labute approximate surface area is 119 Å². The number of methoxy groups -OCH3 is 1. The van der Waals surface area contributed by atoms with Crippen LogP contribution in [0.5, 0.6) is 11.5 Å². The van der Waals surface area contributed by atoms with Crippen LogP contribution in [0.25, 0.3) is 0 Å². The van der Waals surface area contributed by atoms with Gasteiger partial charge in [-0.25, -0.2) is 0 Å². The van der Waals surface area contributed by atoms with E-state index in [1.807, 2.05) is 48.5 Å². The number of nitrogens with two attached hydrogens (primary N) is 1. The second kappa shape index (κ2) is 7.53. The Morgan fingerprint density at radius 1 is 0.900 bits per heavy atom. The van der Waals surface area contributed by atoms with Crippen LogP contribution in [0.15, 0.2) is 48.5 Å². The van der Waals surface area contributed by atoms with E-state index in [0.29, 0.717) is 24.7 Å². The maximum Gasteiger partial charge on any atom is 0.188 e. The zero-order valence-corrected chi connectivity index (χ0v) is 11.5. The van der Waals surface area contributed by atoms with Crippen LogP contribution < -0.4 is 15.2 Å². The summed E-state index contributed by atoms with van der Waals surface area (Å²) >= 11 is 0. The predicted molar refractivity (Wildman–Crippen MR) is 77.6 cm³/mol. The number of benzene rings is 2. The van der Waals surface area contributed by atoms with Gasteiger partial charge in [-0.05, 0) is 23.3 Å². The van der Waals surface area contributed by atoms with Crippen LogP contribution in [-0.4, -0.2) is 13.9 Å². The van der Waals surface area contributed by atoms with E-state index in [1.54, 1.807) is 7.11 Å². The molecule has 0 spiro atoms. The van der Waals surface area contributed by atoms with Crippen LogP contribution >= 0.6 is 0 Å². The van der Waals surface area contributed by atoms with E-state index in [1.165, 1.54) is 0 Å². The molecule has 2 aromatic carbocycles. The molecule has 2 rings (SSSR count). The maximum atomic E-state index is 5.80. The molecule has 0 atom stereocenters. The Hall–Kier alpha value is -2.04. The topological polar surface area (TPSA) is 53.7 Å². The molecule has 106 valence electrons. The van der Waals surface area contributed by atoms with Gasteiger partial charge in [-0.2, -0.15) is 0 Å². The van der Waals surface area contributed by atoms with Gasteiger partial charge in [0, 0.05) is 13.7 Å². The van der Waals surface area contributed by atoms with E-state index in [2.05, 4.69) is 0 Å². The van der Waals surface area contributed by atoms with Crippen molar-refractivity contribution < 1.29 is 14.2 Å². The summed E-state index contributed by atoms with van der Waals surface area (Å²) in [6, 6.07) is 15.7. The molecular formula is C16H19NO3. The molecule has 0 unspecified atom stereocenters. The molecule has 0 saturated heterocycles. The lowest BCUT2D eigenvalue weighted by molar-refractivity contribution is 0.0483. The summed E-state index contributed by atoms with van der Waals surface area (Å²) in [5.41, 5.74) is 7.73. The van der Waals surface area contributed by atoms with E-state index in [4.69, 9.17) is 19.9 Å². The minimum absolute atomic E-state index is 0.176. The first-order valence-corrected chi connectivity index (χ1v) is 6.45. The Morgan fingerprint density at radius 3 is 2.40 bits per heavy atom. The average molecular weight is 273 g/mol. The highest BCUT2D eigenvalue weighted by molar-refractivity contribution is 5.43. The summed E-state index contributed by atoms with van der Waals surface area (Å²) in [7, 11) is 1.58. The molecule has 0 aliphatic rings. The lowest BCUT2D eigenvalue weighted by atomic mass is 10.2. The van der Waals surface area contributed by atoms with Crippen LogP contribution in [-0.2, 0) is 17.9 Å². The minimum atomic E-state index is 0.176. The van der Waals surface area contributed by atoms with Crippen LogP contribution in [0.2, 0.25) is 0 Å². The summed E-state index contributed by atoms with van der Waals surface area (Å²) in [5.74, 6) is 1.33. The third-order valence-electron chi connectivity index (χ3n) is 2.81. The molecule has 0 aliphatic carbocycles. The van der Waals surface area contributed by atoms with E-state index < -0.39 is 0 Å². The molecule has 20 heavy (non-hydrogen) atoms. The largest absolute Gasteiger partial charge is 0.485 e. The first kappa shape index (κ1) is 14.4. The van der Waals surface area contributed by atoms with Crippen LogP contribution in [0, 0.1) is 0 Å². The van der Waals surface area contributed by atoms with Crippen molar-refractivity contribution in [3.8, 4) is 11.5 Å². The number of rotatable bonds is 7. The Kier molecular flexibility index (Phi) is 5.41. The summed E-state index contributed by atoms with van der Waals surface area (Å²) in [6.07, 6.45) is 0. The molecule has 0 aliphatic heterocycles. The van der Waals surface area contributed by atoms with Gasteiger partial charge in [0.05, 0.1) is 0 Å². The molecular weight excluding hydrogens is 254 g/mol. The Morgan fingerprint density at radius 2 is 1.70 bits per heavy atom. The van der Waals surface area contributed by atoms with Crippen molar-refractivity contribution in [2.75, 3.05) is 13.9 Å². The molecule has 4 heteroatoms. The predicted octanol–water partition coefficient (Wildman–Crippen LogP) is 2.71. The van der Waals surface area contributed by atoms with Gasteiger partial charge in [-0.1, -0.05) is 36.4 Å². The minimum Gasteiger partial charge on any atom is -0.485 e. The molecule has 2 aromatic rings. The third-order valence-corrected chi connectivity index (χ3v) is 2.81. The molecule has 2 N–H and O–H groups in total. The summed E-state index contributed by atoms with van der Waals surface area (Å²) in [6.45, 7) is 1.13. The first-order valence-electron chi connectivity index (χ1n) is 6.45. The maximum absolute atomic E-state index is 5.80. The average Bonchev–Trinajstić information content (AvgIpc) is 2.52. The van der Waals surface area contributed by atoms with Gasteiger partial charge < -0.3 is 19.9 Å². The van der Waals surface area contributed by atoms with E-state index in [-0.39, 0.29) is 6.79 Å². The monoisotopic (exact) mass is 273 g/mol. The third kappa shape index (κ3) is 3.98. The zero-order chi connectivity index (χ0) is 14.2. The highest BCUT2D eigenvalue weighted by Crippen LogP contribution is 2.29. The zero-order valence-electron chi connectivity index (χ0n) is 11.5. The second-order valence-corrected chi connectivity index (χ2v) is 4.31. The fourth-order valence-corrected chi connectivity index (χ4v) is 1.77. The van der Waals surface area contributed by atoms with Gasteiger partial charge in [0.2, 0.25) is 0 Å². The highest BCUT2D eigenvalue weighted by Gasteiger charge is 2.07. The second-order valence-electron chi connectivity index (χ2n) is 4.31. The normalized spacial score (nSPS) is 10.3. The number of ether oxygens (including phenoxy) is 3. The van der Waals surface area contributed by atoms with E-state index in [0.717, 1.165) is 11.1 Å². The van der Waals surface area contributed by atoms with Crippen molar-refractivity contribution in [1.82, 2.24) is 0 Å². The first-order chi connectivity index (χ1) is 9.83. The fourth-order valence-electron chi connectivity index (χ4n) is 1.77. The quantitative estimate of drug-likeness (QED) is 0.788. The Balaban J connectivity index is 2.09. The molecule has 0 amide bonds. The van der Waals surface area contributed by atoms with Gasteiger partial charge in [0.15, 0.2) is 18.3 Å². The van der Waals surface area contributed by atoms with Gasteiger partial charge >= 0.3 is 0 Å². The van der Waals surface area contributed by atoms with Crippen LogP contribution in [0.1, 0.15) is 11.1 Å². The molecule has 0 fully saturated rings. The SMILES string of the molecule is COCOc1cc(CN)ccc1OCc1ccccc1. The molecule has 0 bridgehead atoms. The molecule has 0 heterocycles.